The van der Waals surface area contributed by atoms with Crippen molar-refractivity contribution in [3.63, 3.8) is 0 Å². The highest BCUT2D eigenvalue weighted by Gasteiger charge is 2.29. The van der Waals surface area contributed by atoms with Crippen molar-refractivity contribution in [2.75, 3.05) is 13.1 Å². The molecular formula is C30H26N2O2. The molecule has 0 bridgehead atoms. The summed E-state index contributed by atoms with van der Waals surface area (Å²) in [5, 5.41) is 0.798. The molecule has 0 unspecified atom stereocenters. The predicted octanol–water partition coefficient (Wildman–Crippen LogP) is 5.57. The number of hydrogen-bond acceptors (Lipinski definition) is 2. The van der Waals surface area contributed by atoms with Gasteiger partial charge in [0.2, 0.25) is 0 Å². The van der Waals surface area contributed by atoms with Gasteiger partial charge in [-0.1, -0.05) is 72.3 Å². The van der Waals surface area contributed by atoms with Crippen molar-refractivity contribution in [2.24, 2.45) is 0 Å². The molecule has 4 heteroatoms. The fourth-order valence-corrected chi connectivity index (χ4v) is 5.51. The molecule has 0 atom stereocenters. The number of para-hydroxylation sites is 1. The van der Waals surface area contributed by atoms with Crippen LogP contribution in [0.2, 0.25) is 0 Å². The van der Waals surface area contributed by atoms with Crippen molar-refractivity contribution in [3.05, 3.63) is 112 Å². The van der Waals surface area contributed by atoms with Crippen LogP contribution in [0.5, 0.6) is 0 Å². The largest absolute Gasteiger partial charge is 0.360 e. The smallest absolute Gasteiger partial charge is 0.295 e. The molecule has 1 aliphatic heterocycles. The molecule has 4 nitrogen and oxygen atoms in total. The van der Waals surface area contributed by atoms with Gasteiger partial charge in [-0.25, -0.2) is 0 Å². The topological polar surface area (TPSA) is 53.2 Å². The molecule has 1 aliphatic carbocycles. The molecule has 1 saturated heterocycles. The molecule has 0 radical (unpaired) electrons. The number of aromatic nitrogens is 1. The fraction of sp³-hybridized carbons (Fsp3) is 0.200. The van der Waals surface area contributed by atoms with Crippen LogP contribution >= 0.6 is 0 Å². The predicted molar refractivity (Wildman–Crippen MR) is 135 cm³/mol. The maximum Gasteiger partial charge on any atom is 0.295 e. The Morgan fingerprint density at radius 1 is 0.706 bits per heavy atom. The van der Waals surface area contributed by atoms with Gasteiger partial charge in [-0.15, -0.1) is 0 Å². The van der Waals surface area contributed by atoms with Crippen molar-refractivity contribution in [1.82, 2.24) is 9.88 Å². The van der Waals surface area contributed by atoms with E-state index < -0.39 is 11.7 Å². The van der Waals surface area contributed by atoms with Gasteiger partial charge >= 0.3 is 0 Å². The first-order valence-corrected chi connectivity index (χ1v) is 12.0. The van der Waals surface area contributed by atoms with Crippen molar-refractivity contribution in [2.45, 2.75) is 25.7 Å². The zero-order chi connectivity index (χ0) is 23.1. The maximum absolute atomic E-state index is 13.1. The summed E-state index contributed by atoms with van der Waals surface area (Å²) in [5.41, 5.74) is 9.44. The van der Waals surface area contributed by atoms with Gasteiger partial charge in [0, 0.05) is 30.2 Å². The number of fused-ring (bicyclic) bond motifs is 3. The van der Waals surface area contributed by atoms with Crippen molar-refractivity contribution in [1.29, 1.82) is 0 Å². The summed E-state index contributed by atoms with van der Waals surface area (Å²) in [6.45, 7) is 1.13. The number of aryl methyl sites for hydroxylation is 2. The number of piperidine rings is 1. The first-order valence-electron chi connectivity index (χ1n) is 12.0. The molecule has 4 aromatic rings. The molecule has 6 rings (SSSR count). The highest BCUT2D eigenvalue weighted by molar-refractivity contribution is 6.44. The molecule has 2 heterocycles. The van der Waals surface area contributed by atoms with E-state index in [-0.39, 0.29) is 0 Å². The van der Waals surface area contributed by atoms with Gasteiger partial charge in [0.15, 0.2) is 0 Å². The monoisotopic (exact) mass is 446 g/mol. The maximum atomic E-state index is 13.1. The summed E-state index contributed by atoms with van der Waals surface area (Å²) in [4.78, 5) is 31.0. The minimum absolute atomic E-state index is 0.407. The summed E-state index contributed by atoms with van der Waals surface area (Å²) < 4.78 is 0. The number of carbonyl (C=O) groups excluding carboxylic acids is 2. The number of likely N-dealkylation sites (tertiary alicyclic amines) is 1. The number of nitrogens with one attached hydrogen (secondary N) is 1. The van der Waals surface area contributed by atoms with E-state index in [4.69, 9.17) is 0 Å². The Morgan fingerprint density at radius 2 is 1.29 bits per heavy atom. The Bertz CT molecular complexity index is 1400. The summed E-state index contributed by atoms with van der Waals surface area (Å²) >= 11 is 0. The Morgan fingerprint density at radius 3 is 1.97 bits per heavy atom. The van der Waals surface area contributed by atoms with Gasteiger partial charge < -0.3 is 9.88 Å². The quantitative estimate of drug-likeness (QED) is 0.323. The van der Waals surface area contributed by atoms with Crippen LogP contribution in [0.25, 0.3) is 16.5 Å². The van der Waals surface area contributed by atoms with E-state index in [0.717, 1.165) is 36.6 Å². The second-order valence-corrected chi connectivity index (χ2v) is 9.16. The van der Waals surface area contributed by atoms with Crippen molar-refractivity contribution < 1.29 is 9.59 Å². The third-order valence-corrected chi connectivity index (χ3v) is 7.27. The molecule has 1 aromatic heterocycles. The van der Waals surface area contributed by atoms with Crippen molar-refractivity contribution >= 4 is 28.2 Å². The third-order valence-electron chi connectivity index (χ3n) is 7.27. The lowest BCUT2D eigenvalue weighted by atomic mass is 9.86. The molecular weight excluding hydrogens is 420 g/mol. The van der Waals surface area contributed by atoms with Gasteiger partial charge in [0.05, 0.1) is 5.56 Å². The normalized spacial score (nSPS) is 15.6. The molecule has 1 amide bonds. The standard InChI is InChI=1S/C30H26N2O2/c33-29(26-19-31-27-12-6-5-11-25(26)27)30(34)32-17-15-22(16-18-32)28-23-9-3-1-7-20(23)13-14-21-8-2-4-10-24(21)28/h1-12,19,31H,13-18H2. The van der Waals surface area contributed by atoms with E-state index >= 15 is 0 Å². The Kier molecular flexibility index (Phi) is 5.14. The number of hydrogen-bond donors (Lipinski definition) is 1. The van der Waals surface area contributed by atoms with Gasteiger partial charge in [0.25, 0.3) is 11.7 Å². The SMILES string of the molecule is O=C(C(=O)N1CCC(=C2c3ccccc3CCc3ccccc32)CC1)c1c[nH]c2ccccc12. The van der Waals surface area contributed by atoms with Gasteiger partial charge in [0.1, 0.15) is 0 Å². The van der Waals surface area contributed by atoms with Crippen LogP contribution in [0.3, 0.4) is 0 Å². The van der Waals surface area contributed by atoms with Crippen LogP contribution in [0.15, 0.2) is 84.6 Å². The van der Waals surface area contributed by atoms with Crippen LogP contribution in [0, 0.1) is 0 Å². The van der Waals surface area contributed by atoms with Gasteiger partial charge in [-0.05, 0) is 59.6 Å². The van der Waals surface area contributed by atoms with Crippen LogP contribution in [0.1, 0.15) is 45.5 Å². The molecule has 3 aromatic carbocycles. The minimum atomic E-state index is -0.432. The zero-order valence-corrected chi connectivity index (χ0v) is 19.0. The van der Waals surface area contributed by atoms with Crippen LogP contribution < -0.4 is 0 Å². The number of Topliss-reactive ketones (excluding diaryl/α,β-unsaturated/α-hetero) is 1. The average Bonchev–Trinajstić information content (AvgIpc) is 3.25. The number of benzene rings is 3. The Hall–Kier alpha value is -3.92. The molecule has 34 heavy (non-hydrogen) atoms. The number of H-pyrrole nitrogens is 1. The first-order chi connectivity index (χ1) is 16.7. The molecule has 1 fully saturated rings. The highest BCUT2D eigenvalue weighted by atomic mass is 16.2. The molecule has 0 spiro atoms. The van der Waals surface area contributed by atoms with Crippen LogP contribution in [-0.2, 0) is 17.6 Å². The lowest BCUT2D eigenvalue weighted by molar-refractivity contribution is -0.126. The van der Waals surface area contributed by atoms with Gasteiger partial charge in [-0.2, -0.15) is 0 Å². The number of ketones is 1. The number of carbonyl (C=O) groups is 2. The number of amides is 1. The molecule has 1 N–H and O–H groups in total. The highest BCUT2D eigenvalue weighted by Crippen LogP contribution is 2.38. The molecule has 2 aliphatic rings. The molecule has 0 saturated carbocycles. The van der Waals surface area contributed by atoms with E-state index in [2.05, 4.69) is 53.5 Å². The Labute approximate surface area is 198 Å². The van der Waals surface area contributed by atoms with E-state index in [1.165, 1.54) is 33.4 Å². The summed E-state index contributed by atoms with van der Waals surface area (Å²) in [7, 11) is 0. The lowest BCUT2D eigenvalue weighted by Crippen LogP contribution is -2.40. The Balaban J connectivity index is 1.30. The lowest BCUT2D eigenvalue weighted by Gasteiger charge is -2.30. The average molecular weight is 447 g/mol. The van der Waals surface area contributed by atoms with E-state index in [0.29, 0.717) is 18.7 Å². The van der Waals surface area contributed by atoms with Crippen molar-refractivity contribution in [3.8, 4) is 0 Å². The van der Waals surface area contributed by atoms with E-state index in [1.807, 2.05) is 24.3 Å². The summed E-state index contributed by atoms with van der Waals surface area (Å²) in [6, 6.07) is 25.0. The summed E-state index contributed by atoms with van der Waals surface area (Å²) in [6.07, 6.45) is 5.29. The number of aromatic amines is 1. The number of rotatable bonds is 2. The second kappa shape index (κ2) is 8.45. The van der Waals surface area contributed by atoms with Crippen LogP contribution in [-0.4, -0.2) is 34.7 Å². The third kappa shape index (κ3) is 3.47. The molecule has 168 valence electrons. The van der Waals surface area contributed by atoms with Crippen LogP contribution in [0.4, 0.5) is 0 Å². The van der Waals surface area contributed by atoms with Gasteiger partial charge in [-0.3, -0.25) is 9.59 Å². The second-order valence-electron chi connectivity index (χ2n) is 9.16. The summed E-state index contributed by atoms with van der Waals surface area (Å²) in [5.74, 6) is -0.839. The van der Waals surface area contributed by atoms with E-state index in [1.54, 1.807) is 11.1 Å². The number of nitrogens with zero attached hydrogens (tertiary/aromatic N) is 1. The zero-order valence-electron chi connectivity index (χ0n) is 19.0. The minimum Gasteiger partial charge on any atom is -0.360 e. The van der Waals surface area contributed by atoms with E-state index in [9.17, 15) is 9.59 Å². The fourth-order valence-electron chi connectivity index (χ4n) is 5.51. The first kappa shape index (κ1) is 20.7.